The van der Waals surface area contributed by atoms with Crippen LogP contribution in [0.1, 0.15) is 12.8 Å². The summed E-state index contributed by atoms with van der Waals surface area (Å²) in [6, 6.07) is 0. The van der Waals surface area contributed by atoms with Crippen LogP contribution >= 0.6 is 35.0 Å². The maximum Gasteiger partial charge on any atom is 0.226 e. The molecule has 3 nitrogen and oxygen atoms in total. The topological polar surface area (TPSA) is 49.3 Å². The van der Waals surface area contributed by atoms with Crippen LogP contribution in [-0.2, 0) is 4.79 Å². The summed E-state index contributed by atoms with van der Waals surface area (Å²) >= 11 is 13.2. The fourth-order valence-corrected chi connectivity index (χ4v) is 3.41. The lowest BCUT2D eigenvalue weighted by atomic mass is 10.0. The fourth-order valence-electron chi connectivity index (χ4n) is 1.61. The van der Waals surface area contributed by atoms with Gasteiger partial charge in [0, 0.05) is 12.3 Å². The van der Waals surface area contributed by atoms with E-state index in [4.69, 9.17) is 23.2 Å². The Hall–Kier alpha value is 0.360. The Balaban J connectivity index is 1.76. The number of nitrogens with one attached hydrogen (secondary N) is 1. The zero-order valence-electron chi connectivity index (χ0n) is 8.13. The van der Waals surface area contributed by atoms with Crippen molar-refractivity contribution in [1.29, 1.82) is 0 Å². The number of hydrogen-bond donors (Lipinski definition) is 2. The second kappa shape index (κ2) is 3.99. The van der Waals surface area contributed by atoms with Crippen LogP contribution in [0.2, 0.25) is 0 Å². The monoisotopic (exact) mass is 269 g/mol. The smallest absolute Gasteiger partial charge is 0.226 e. The van der Waals surface area contributed by atoms with Crippen molar-refractivity contribution in [2.75, 3.05) is 18.1 Å². The molecule has 2 rings (SSSR count). The number of rotatable bonds is 3. The molecule has 0 unspecified atom stereocenters. The molecule has 1 amide bonds. The lowest BCUT2D eigenvalue weighted by molar-refractivity contribution is -0.123. The lowest BCUT2D eigenvalue weighted by Gasteiger charge is -2.21. The highest BCUT2D eigenvalue weighted by Gasteiger charge is 2.56. The molecule has 1 saturated heterocycles. The van der Waals surface area contributed by atoms with Crippen molar-refractivity contribution < 1.29 is 9.90 Å². The van der Waals surface area contributed by atoms with Crippen molar-refractivity contribution in [3.63, 3.8) is 0 Å². The molecular weight excluding hydrogens is 257 g/mol. The number of halogens is 2. The third kappa shape index (κ3) is 2.73. The molecule has 0 aromatic heterocycles. The highest BCUT2D eigenvalue weighted by molar-refractivity contribution is 7.99. The Morgan fingerprint density at radius 2 is 2.27 bits per heavy atom. The number of alkyl halides is 2. The summed E-state index contributed by atoms with van der Waals surface area (Å²) < 4.78 is -0.878. The van der Waals surface area contributed by atoms with E-state index in [1.165, 1.54) is 0 Å². The molecule has 1 heterocycles. The van der Waals surface area contributed by atoms with Crippen molar-refractivity contribution in [1.82, 2.24) is 5.32 Å². The zero-order chi connectivity index (χ0) is 11.1. The van der Waals surface area contributed by atoms with Gasteiger partial charge in [0.05, 0.1) is 11.5 Å². The maximum atomic E-state index is 11.5. The van der Waals surface area contributed by atoms with E-state index in [1.807, 2.05) is 0 Å². The molecule has 2 aliphatic rings. The van der Waals surface area contributed by atoms with Gasteiger partial charge in [0.25, 0.3) is 0 Å². The summed E-state index contributed by atoms with van der Waals surface area (Å²) in [5, 5.41) is 12.7. The Kier molecular flexibility index (Phi) is 3.14. The molecule has 86 valence electrons. The van der Waals surface area contributed by atoms with Crippen LogP contribution in [0, 0.1) is 5.92 Å². The van der Waals surface area contributed by atoms with E-state index in [0.717, 1.165) is 12.2 Å². The first-order chi connectivity index (χ1) is 6.93. The summed E-state index contributed by atoms with van der Waals surface area (Å²) in [5.74, 6) is 1.18. The first-order valence-electron chi connectivity index (χ1n) is 4.89. The highest BCUT2D eigenvalue weighted by Crippen LogP contribution is 2.53. The van der Waals surface area contributed by atoms with Gasteiger partial charge in [-0.2, -0.15) is 11.8 Å². The summed E-state index contributed by atoms with van der Waals surface area (Å²) in [6.07, 6.45) is 1.24. The molecule has 1 saturated carbocycles. The number of aliphatic hydroxyl groups is 1. The number of hydrogen-bond acceptors (Lipinski definition) is 3. The van der Waals surface area contributed by atoms with Crippen LogP contribution in [0.25, 0.3) is 0 Å². The highest BCUT2D eigenvalue weighted by atomic mass is 35.5. The van der Waals surface area contributed by atoms with Crippen molar-refractivity contribution in [2.24, 2.45) is 5.92 Å². The van der Waals surface area contributed by atoms with Crippen LogP contribution in [0.15, 0.2) is 0 Å². The predicted octanol–water partition coefficient (Wildman–Crippen LogP) is 1.16. The van der Waals surface area contributed by atoms with Gasteiger partial charge in [0.2, 0.25) is 5.91 Å². The van der Waals surface area contributed by atoms with E-state index in [2.05, 4.69) is 5.32 Å². The minimum absolute atomic E-state index is 0.148. The average molecular weight is 270 g/mol. The fraction of sp³-hybridized carbons (Fsp3) is 0.889. The zero-order valence-corrected chi connectivity index (χ0v) is 10.5. The predicted molar refractivity (Wildman–Crippen MR) is 62.4 cm³/mol. The Bertz CT molecular complexity index is 279. The molecule has 0 aromatic rings. The van der Waals surface area contributed by atoms with E-state index < -0.39 is 9.93 Å². The third-order valence-electron chi connectivity index (χ3n) is 2.82. The molecule has 1 aliphatic heterocycles. The van der Waals surface area contributed by atoms with E-state index in [0.29, 0.717) is 18.7 Å². The van der Waals surface area contributed by atoms with Crippen LogP contribution in [-0.4, -0.2) is 39.0 Å². The molecule has 2 atom stereocenters. The molecule has 0 radical (unpaired) electrons. The molecular formula is C9H13Cl2NO2S. The van der Waals surface area contributed by atoms with Gasteiger partial charge in [-0.05, 0) is 18.6 Å². The second-order valence-corrected chi connectivity index (χ2v) is 6.91. The SMILES string of the molecule is O=C(NC[C@@]1(O)CCSC1)[C@H]1CC1(Cl)Cl. The molecule has 15 heavy (non-hydrogen) atoms. The van der Waals surface area contributed by atoms with Crippen molar-refractivity contribution in [2.45, 2.75) is 22.8 Å². The summed E-state index contributed by atoms with van der Waals surface area (Å²) in [4.78, 5) is 11.5. The molecule has 0 aromatic carbocycles. The van der Waals surface area contributed by atoms with Crippen molar-refractivity contribution in [3.05, 3.63) is 0 Å². The second-order valence-electron chi connectivity index (χ2n) is 4.26. The molecule has 0 bridgehead atoms. The lowest BCUT2D eigenvalue weighted by Crippen LogP contribution is -2.43. The molecule has 2 N–H and O–H groups in total. The quantitative estimate of drug-likeness (QED) is 0.757. The van der Waals surface area contributed by atoms with Crippen molar-refractivity contribution in [3.8, 4) is 0 Å². The van der Waals surface area contributed by atoms with E-state index in [9.17, 15) is 9.90 Å². The number of carbonyl (C=O) groups excluding carboxylic acids is 1. The Labute approximate surface area is 103 Å². The minimum Gasteiger partial charge on any atom is -0.387 e. The van der Waals surface area contributed by atoms with Gasteiger partial charge in [-0.1, -0.05) is 0 Å². The first-order valence-corrected chi connectivity index (χ1v) is 6.80. The molecule has 2 fully saturated rings. The van der Waals surface area contributed by atoms with Crippen LogP contribution < -0.4 is 5.32 Å². The van der Waals surface area contributed by atoms with E-state index in [-0.39, 0.29) is 11.8 Å². The van der Waals surface area contributed by atoms with Crippen LogP contribution in [0.4, 0.5) is 0 Å². The van der Waals surface area contributed by atoms with E-state index in [1.54, 1.807) is 11.8 Å². The van der Waals surface area contributed by atoms with Gasteiger partial charge >= 0.3 is 0 Å². The number of carbonyl (C=O) groups is 1. The number of amides is 1. The Morgan fingerprint density at radius 3 is 2.73 bits per heavy atom. The van der Waals surface area contributed by atoms with Gasteiger partial charge in [-0.3, -0.25) is 4.79 Å². The summed E-state index contributed by atoms with van der Waals surface area (Å²) in [6.45, 7) is 0.305. The average Bonchev–Trinajstić information content (AvgIpc) is 2.60. The van der Waals surface area contributed by atoms with Gasteiger partial charge in [-0.15, -0.1) is 23.2 Å². The van der Waals surface area contributed by atoms with Gasteiger partial charge in [0.1, 0.15) is 4.33 Å². The summed E-state index contributed by atoms with van der Waals surface area (Å²) in [7, 11) is 0. The van der Waals surface area contributed by atoms with Crippen molar-refractivity contribution >= 4 is 40.9 Å². The maximum absolute atomic E-state index is 11.5. The van der Waals surface area contributed by atoms with E-state index >= 15 is 0 Å². The van der Waals surface area contributed by atoms with Crippen LogP contribution in [0.5, 0.6) is 0 Å². The number of thioether (sulfide) groups is 1. The molecule has 6 heteroatoms. The molecule has 1 aliphatic carbocycles. The normalized spacial score (nSPS) is 37.7. The van der Waals surface area contributed by atoms with Crippen LogP contribution in [0.3, 0.4) is 0 Å². The minimum atomic E-state index is -0.878. The van der Waals surface area contributed by atoms with Gasteiger partial charge in [0.15, 0.2) is 0 Å². The first kappa shape index (κ1) is 11.8. The standard InChI is InChI=1S/C9H13Cl2NO2S/c10-9(11)3-6(9)7(13)12-4-8(14)1-2-15-5-8/h6,14H,1-5H2,(H,12,13)/t6-,8+/m1/s1. The summed E-state index contributed by atoms with van der Waals surface area (Å²) in [5.41, 5.74) is -0.740. The third-order valence-corrected chi connectivity index (χ3v) is 4.89. The van der Waals surface area contributed by atoms with Gasteiger partial charge in [-0.25, -0.2) is 0 Å². The largest absolute Gasteiger partial charge is 0.387 e. The Morgan fingerprint density at radius 1 is 1.60 bits per heavy atom. The van der Waals surface area contributed by atoms with Gasteiger partial charge < -0.3 is 10.4 Å². The molecule has 0 spiro atoms.